The van der Waals surface area contributed by atoms with Crippen LogP contribution in [0.5, 0.6) is 5.75 Å². The van der Waals surface area contributed by atoms with E-state index < -0.39 is 5.76 Å². The van der Waals surface area contributed by atoms with Crippen molar-refractivity contribution in [3.8, 4) is 11.4 Å². The Bertz CT molecular complexity index is 735. The van der Waals surface area contributed by atoms with Crippen molar-refractivity contribution in [2.45, 2.75) is 26.2 Å². The van der Waals surface area contributed by atoms with Gasteiger partial charge < -0.3 is 9.15 Å². The molecule has 0 aliphatic carbocycles. The van der Waals surface area contributed by atoms with E-state index in [0.29, 0.717) is 28.3 Å². The Balaban J connectivity index is 2.53. The highest BCUT2D eigenvalue weighted by Gasteiger charge is 2.24. The van der Waals surface area contributed by atoms with Crippen LogP contribution in [0.25, 0.3) is 5.69 Å². The van der Waals surface area contributed by atoms with E-state index in [1.165, 1.54) is 17.8 Å². The molecule has 8 heteroatoms. The summed E-state index contributed by atoms with van der Waals surface area (Å²) in [4.78, 5) is 12.0. The quantitative estimate of drug-likeness (QED) is 0.765. The first kappa shape index (κ1) is 17.2. The number of halogens is 2. The molecule has 0 N–H and O–H groups in total. The summed E-state index contributed by atoms with van der Waals surface area (Å²) in [5.74, 6) is 0.588. The van der Waals surface area contributed by atoms with Crippen LogP contribution in [0.15, 0.2) is 21.3 Å². The van der Waals surface area contributed by atoms with E-state index in [0.717, 1.165) is 4.68 Å². The van der Waals surface area contributed by atoms with E-state index in [2.05, 4.69) is 5.10 Å². The molecule has 0 atom stereocenters. The van der Waals surface area contributed by atoms with Gasteiger partial charge in [0.1, 0.15) is 11.7 Å². The first-order valence-electron chi connectivity index (χ1n) is 6.46. The molecule has 5 nitrogen and oxygen atoms in total. The second kappa shape index (κ2) is 6.56. The first-order chi connectivity index (χ1) is 10.2. The van der Waals surface area contributed by atoms with E-state index in [9.17, 15) is 4.79 Å². The van der Waals surface area contributed by atoms with E-state index in [1.54, 1.807) is 6.07 Å². The van der Waals surface area contributed by atoms with Gasteiger partial charge in [-0.05, 0) is 12.3 Å². The Hall–Kier alpha value is -1.11. The van der Waals surface area contributed by atoms with Crippen LogP contribution in [0.4, 0.5) is 0 Å². The zero-order chi connectivity index (χ0) is 16.5. The predicted octanol–water partition coefficient (Wildman–Crippen LogP) is 4.13. The maximum absolute atomic E-state index is 12.0. The van der Waals surface area contributed by atoms with Crippen LogP contribution in [-0.4, -0.2) is 22.0 Å². The normalized spacial score (nSPS) is 11.7. The fraction of sp³-hybridized carbons (Fsp3) is 0.429. The lowest BCUT2D eigenvalue weighted by Gasteiger charge is -2.12. The average molecular weight is 363 g/mol. The summed E-state index contributed by atoms with van der Waals surface area (Å²) >= 11 is 13.8. The molecular formula is C14H16Cl2N2O3S. The molecular weight excluding hydrogens is 347 g/mol. The van der Waals surface area contributed by atoms with Gasteiger partial charge in [0.25, 0.3) is 0 Å². The molecule has 0 fully saturated rings. The van der Waals surface area contributed by atoms with E-state index in [1.807, 2.05) is 27.0 Å². The highest BCUT2D eigenvalue weighted by Crippen LogP contribution is 2.33. The van der Waals surface area contributed by atoms with Gasteiger partial charge in [0.2, 0.25) is 5.89 Å². The SMILES string of the molecule is CSCOc1cc(-n2nc(C(C)(C)C)oc2=O)c(Cl)cc1Cl. The fourth-order valence-corrected chi connectivity index (χ4v) is 2.41. The third kappa shape index (κ3) is 3.62. The number of hydrogen-bond donors (Lipinski definition) is 0. The zero-order valence-corrected chi connectivity index (χ0v) is 15.0. The van der Waals surface area contributed by atoms with Gasteiger partial charge in [-0.15, -0.1) is 16.9 Å². The molecule has 1 aromatic heterocycles. The number of thioether (sulfide) groups is 1. The van der Waals surface area contributed by atoms with E-state index in [4.69, 9.17) is 32.4 Å². The Kier molecular flexibility index (Phi) is 5.14. The van der Waals surface area contributed by atoms with Crippen LogP contribution in [0.2, 0.25) is 10.0 Å². The molecule has 120 valence electrons. The van der Waals surface area contributed by atoms with Crippen molar-refractivity contribution >= 4 is 35.0 Å². The number of aromatic nitrogens is 2. The molecule has 0 aliphatic rings. The van der Waals surface area contributed by atoms with Crippen molar-refractivity contribution in [2.24, 2.45) is 0 Å². The number of hydrogen-bond acceptors (Lipinski definition) is 5. The molecule has 0 bridgehead atoms. The number of rotatable bonds is 4. The molecule has 2 rings (SSSR count). The topological polar surface area (TPSA) is 57.3 Å². The zero-order valence-electron chi connectivity index (χ0n) is 12.6. The minimum Gasteiger partial charge on any atom is -0.481 e. The average Bonchev–Trinajstić information content (AvgIpc) is 2.80. The predicted molar refractivity (Wildman–Crippen MR) is 89.8 cm³/mol. The molecule has 0 spiro atoms. The van der Waals surface area contributed by atoms with Crippen LogP contribution in [0, 0.1) is 0 Å². The smallest absolute Gasteiger partial charge is 0.442 e. The highest BCUT2D eigenvalue weighted by molar-refractivity contribution is 7.98. The summed E-state index contributed by atoms with van der Waals surface area (Å²) in [6.07, 6.45) is 1.91. The summed E-state index contributed by atoms with van der Waals surface area (Å²) < 4.78 is 11.8. The van der Waals surface area contributed by atoms with Crippen LogP contribution in [0.3, 0.4) is 0 Å². The number of benzene rings is 1. The maximum Gasteiger partial charge on any atom is 0.442 e. The summed E-state index contributed by atoms with van der Waals surface area (Å²) in [6, 6.07) is 3.10. The van der Waals surface area contributed by atoms with Gasteiger partial charge in [0.05, 0.1) is 15.7 Å². The third-order valence-electron chi connectivity index (χ3n) is 2.75. The standard InChI is InChI=1S/C14H16Cl2N2O3S/c1-14(2,3)12-17-18(13(19)21-12)10-6-11(20-7-22-4)9(16)5-8(10)15/h5-6H,7H2,1-4H3. The summed E-state index contributed by atoms with van der Waals surface area (Å²) in [5, 5.41) is 4.87. The molecule has 0 amide bonds. The van der Waals surface area contributed by atoms with E-state index in [-0.39, 0.29) is 10.4 Å². The van der Waals surface area contributed by atoms with E-state index >= 15 is 0 Å². The summed E-state index contributed by atoms with van der Waals surface area (Å²) in [5.41, 5.74) is -0.0204. The second-order valence-corrected chi connectivity index (χ2v) is 7.25. The Morgan fingerprint density at radius 3 is 2.55 bits per heavy atom. The minimum absolute atomic E-state index is 0.289. The highest BCUT2D eigenvalue weighted by atomic mass is 35.5. The van der Waals surface area contributed by atoms with Gasteiger partial charge in [0.15, 0.2) is 0 Å². The van der Waals surface area contributed by atoms with Crippen molar-refractivity contribution in [3.05, 3.63) is 38.6 Å². The Morgan fingerprint density at radius 2 is 2.00 bits per heavy atom. The molecule has 22 heavy (non-hydrogen) atoms. The molecule has 1 heterocycles. The molecule has 0 saturated heterocycles. The Morgan fingerprint density at radius 1 is 1.32 bits per heavy atom. The van der Waals surface area contributed by atoms with Gasteiger partial charge in [-0.1, -0.05) is 44.0 Å². The maximum atomic E-state index is 12.0. The van der Waals surface area contributed by atoms with Gasteiger partial charge in [-0.2, -0.15) is 4.68 Å². The van der Waals surface area contributed by atoms with Crippen molar-refractivity contribution < 1.29 is 9.15 Å². The van der Waals surface area contributed by atoms with Crippen LogP contribution in [-0.2, 0) is 5.41 Å². The first-order valence-corrected chi connectivity index (χ1v) is 8.61. The van der Waals surface area contributed by atoms with Crippen molar-refractivity contribution in [3.63, 3.8) is 0 Å². The molecule has 0 saturated carbocycles. The van der Waals surface area contributed by atoms with Crippen LogP contribution < -0.4 is 10.5 Å². The largest absolute Gasteiger partial charge is 0.481 e. The summed E-state index contributed by atoms with van der Waals surface area (Å²) in [6.45, 7) is 5.71. The van der Waals surface area contributed by atoms with Gasteiger partial charge in [0, 0.05) is 11.5 Å². The van der Waals surface area contributed by atoms with Crippen molar-refractivity contribution in [2.75, 3.05) is 12.2 Å². The van der Waals surface area contributed by atoms with Gasteiger partial charge in [-0.25, -0.2) is 4.79 Å². The molecule has 2 aromatic rings. The van der Waals surface area contributed by atoms with Crippen LogP contribution >= 0.6 is 35.0 Å². The molecule has 0 aliphatic heterocycles. The lowest BCUT2D eigenvalue weighted by molar-refractivity contribution is 0.375. The van der Waals surface area contributed by atoms with Crippen LogP contribution in [0.1, 0.15) is 26.7 Å². The lowest BCUT2D eigenvalue weighted by atomic mass is 9.97. The Labute approximate surface area is 142 Å². The molecule has 0 unspecified atom stereocenters. The van der Waals surface area contributed by atoms with Crippen molar-refractivity contribution in [1.82, 2.24) is 9.78 Å². The van der Waals surface area contributed by atoms with Gasteiger partial charge in [-0.3, -0.25) is 0 Å². The van der Waals surface area contributed by atoms with Crippen molar-refractivity contribution in [1.29, 1.82) is 0 Å². The monoisotopic (exact) mass is 362 g/mol. The molecule has 1 aromatic carbocycles. The number of ether oxygens (including phenoxy) is 1. The van der Waals surface area contributed by atoms with Gasteiger partial charge >= 0.3 is 5.76 Å². The number of nitrogens with zero attached hydrogens (tertiary/aromatic N) is 2. The second-order valence-electron chi connectivity index (χ2n) is 5.62. The molecule has 0 radical (unpaired) electrons. The fourth-order valence-electron chi connectivity index (χ4n) is 1.65. The summed E-state index contributed by atoms with van der Waals surface area (Å²) in [7, 11) is 0. The minimum atomic E-state index is -0.607. The third-order valence-corrected chi connectivity index (χ3v) is 3.70. The lowest BCUT2D eigenvalue weighted by Crippen LogP contribution is -2.15.